The molecule has 1 N–H and O–H groups in total. The molecule has 1 aromatic rings. The summed E-state index contributed by atoms with van der Waals surface area (Å²) in [6.07, 6.45) is 4.76. The highest BCUT2D eigenvalue weighted by Crippen LogP contribution is 2.12. The van der Waals surface area contributed by atoms with Crippen molar-refractivity contribution in [2.45, 2.75) is 13.3 Å². The Hall–Kier alpha value is -1.56. The molecule has 0 atom stereocenters. The van der Waals surface area contributed by atoms with Crippen LogP contribution in [0.5, 0.6) is 0 Å². The molecule has 1 amide bonds. The lowest BCUT2D eigenvalue weighted by molar-refractivity contribution is -0.122. The molecule has 1 aliphatic heterocycles. The summed E-state index contributed by atoms with van der Waals surface area (Å²) in [4.78, 5) is 20.5. The van der Waals surface area contributed by atoms with Crippen molar-refractivity contribution >= 4 is 11.9 Å². The molecule has 0 bridgehead atoms. The highest BCUT2D eigenvalue weighted by atomic mass is 16.2. The molecule has 106 valence electrons. The van der Waals surface area contributed by atoms with Crippen LogP contribution in [-0.2, 0) is 11.8 Å². The zero-order valence-electron chi connectivity index (χ0n) is 11.8. The molecule has 0 aliphatic carbocycles. The lowest BCUT2D eigenvalue weighted by Gasteiger charge is -2.34. The van der Waals surface area contributed by atoms with E-state index in [-0.39, 0.29) is 5.91 Å². The lowest BCUT2D eigenvalue weighted by atomic mass is 10.3. The average molecular weight is 265 g/mol. The normalized spacial score (nSPS) is 16.6. The fourth-order valence-corrected chi connectivity index (χ4v) is 2.29. The summed E-state index contributed by atoms with van der Waals surface area (Å²) in [6, 6.07) is 0. The Morgan fingerprint density at radius 1 is 1.37 bits per heavy atom. The van der Waals surface area contributed by atoms with Crippen molar-refractivity contribution in [2.24, 2.45) is 7.05 Å². The Morgan fingerprint density at radius 2 is 2.11 bits per heavy atom. The van der Waals surface area contributed by atoms with Crippen LogP contribution >= 0.6 is 0 Å². The van der Waals surface area contributed by atoms with E-state index >= 15 is 0 Å². The van der Waals surface area contributed by atoms with Crippen molar-refractivity contribution in [2.75, 3.05) is 44.2 Å². The van der Waals surface area contributed by atoms with E-state index < -0.39 is 0 Å². The number of hydrogen-bond acceptors (Lipinski definition) is 4. The second kappa shape index (κ2) is 6.56. The third kappa shape index (κ3) is 3.70. The highest BCUT2D eigenvalue weighted by molar-refractivity contribution is 5.78. The van der Waals surface area contributed by atoms with Crippen LogP contribution in [-0.4, -0.2) is 59.6 Å². The van der Waals surface area contributed by atoms with E-state index in [4.69, 9.17) is 0 Å². The van der Waals surface area contributed by atoms with Crippen molar-refractivity contribution in [3.8, 4) is 0 Å². The van der Waals surface area contributed by atoms with E-state index in [1.807, 2.05) is 24.0 Å². The first-order valence-corrected chi connectivity index (χ1v) is 6.92. The van der Waals surface area contributed by atoms with Crippen molar-refractivity contribution in [3.05, 3.63) is 12.4 Å². The van der Waals surface area contributed by atoms with Crippen LogP contribution in [0.25, 0.3) is 0 Å². The zero-order valence-corrected chi connectivity index (χ0v) is 11.8. The van der Waals surface area contributed by atoms with E-state index in [0.717, 1.165) is 45.1 Å². The van der Waals surface area contributed by atoms with Gasteiger partial charge in [-0.3, -0.25) is 9.69 Å². The second-order valence-corrected chi connectivity index (χ2v) is 4.95. The predicted octanol–water partition coefficient (Wildman–Crippen LogP) is 0.0683. The molecule has 0 saturated carbocycles. The number of anilines is 1. The number of carbonyl (C=O) groups is 1. The maximum atomic E-state index is 11.7. The van der Waals surface area contributed by atoms with Gasteiger partial charge in [0.2, 0.25) is 11.9 Å². The summed E-state index contributed by atoms with van der Waals surface area (Å²) < 4.78 is 2.03. The predicted molar refractivity (Wildman–Crippen MR) is 75.2 cm³/mol. The molecule has 6 heteroatoms. The molecule has 1 aliphatic rings. The largest absolute Gasteiger partial charge is 0.355 e. The summed E-state index contributed by atoms with van der Waals surface area (Å²) in [7, 11) is 2.01. The molecule has 1 aromatic heterocycles. The van der Waals surface area contributed by atoms with Crippen LogP contribution in [0.2, 0.25) is 0 Å². The van der Waals surface area contributed by atoms with Crippen LogP contribution < -0.4 is 10.2 Å². The first-order valence-electron chi connectivity index (χ1n) is 6.92. The van der Waals surface area contributed by atoms with Crippen molar-refractivity contribution in [1.82, 2.24) is 19.8 Å². The van der Waals surface area contributed by atoms with Gasteiger partial charge >= 0.3 is 0 Å². The quantitative estimate of drug-likeness (QED) is 0.818. The number of aryl methyl sites for hydroxylation is 1. The van der Waals surface area contributed by atoms with Gasteiger partial charge in [-0.05, 0) is 6.42 Å². The lowest BCUT2D eigenvalue weighted by Crippen LogP contribution is -2.50. The van der Waals surface area contributed by atoms with Gasteiger partial charge < -0.3 is 14.8 Å². The first-order chi connectivity index (χ1) is 9.20. The average Bonchev–Trinajstić information content (AvgIpc) is 2.83. The number of rotatable bonds is 5. The van der Waals surface area contributed by atoms with E-state index in [9.17, 15) is 4.79 Å². The minimum Gasteiger partial charge on any atom is -0.355 e. The van der Waals surface area contributed by atoms with E-state index in [1.54, 1.807) is 0 Å². The van der Waals surface area contributed by atoms with Gasteiger partial charge in [0.25, 0.3) is 0 Å². The summed E-state index contributed by atoms with van der Waals surface area (Å²) >= 11 is 0. The van der Waals surface area contributed by atoms with E-state index in [2.05, 4.69) is 27.0 Å². The fourth-order valence-electron chi connectivity index (χ4n) is 2.29. The molecule has 2 heterocycles. The highest BCUT2D eigenvalue weighted by Gasteiger charge is 2.20. The number of carbonyl (C=O) groups excluding carboxylic acids is 1. The van der Waals surface area contributed by atoms with E-state index in [0.29, 0.717) is 6.54 Å². The minimum atomic E-state index is 0.132. The minimum absolute atomic E-state index is 0.132. The van der Waals surface area contributed by atoms with Crippen LogP contribution in [0, 0.1) is 0 Å². The SMILES string of the molecule is CCCNC(=O)CN1CCN(c2nccn2C)CC1. The Morgan fingerprint density at radius 3 is 2.68 bits per heavy atom. The molecule has 0 unspecified atom stereocenters. The Balaban J connectivity index is 1.76. The van der Waals surface area contributed by atoms with Crippen LogP contribution in [0.3, 0.4) is 0 Å². The maximum absolute atomic E-state index is 11.7. The second-order valence-electron chi connectivity index (χ2n) is 4.95. The van der Waals surface area contributed by atoms with Gasteiger partial charge in [0.05, 0.1) is 6.54 Å². The molecular formula is C13H23N5O. The van der Waals surface area contributed by atoms with Crippen molar-refractivity contribution in [3.63, 3.8) is 0 Å². The summed E-state index contributed by atoms with van der Waals surface area (Å²) in [5.74, 6) is 1.14. The summed E-state index contributed by atoms with van der Waals surface area (Å²) in [5, 5.41) is 2.92. The van der Waals surface area contributed by atoms with Crippen LogP contribution in [0.1, 0.15) is 13.3 Å². The van der Waals surface area contributed by atoms with Gasteiger partial charge in [-0.15, -0.1) is 0 Å². The molecule has 0 aromatic carbocycles. The third-order valence-electron chi connectivity index (χ3n) is 3.39. The molecule has 0 radical (unpaired) electrons. The van der Waals surface area contributed by atoms with Crippen LogP contribution in [0.4, 0.5) is 5.95 Å². The number of imidazole rings is 1. The van der Waals surface area contributed by atoms with Crippen molar-refractivity contribution in [1.29, 1.82) is 0 Å². The third-order valence-corrected chi connectivity index (χ3v) is 3.39. The van der Waals surface area contributed by atoms with E-state index in [1.165, 1.54) is 0 Å². The summed E-state index contributed by atoms with van der Waals surface area (Å²) in [6.45, 7) is 7.00. The molecule has 19 heavy (non-hydrogen) atoms. The van der Waals surface area contributed by atoms with Gasteiger partial charge in [0.1, 0.15) is 0 Å². The molecule has 2 rings (SSSR count). The Kier molecular flexibility index (Phi) is 4.79. The van der Waals surface area contributed by atoms with Gasteiger partial charge in [0.15, 0.2) is 0 Å². The van der Waals surface area contributed by atoms with Crippen molar-refractivity contribution < 1.29 is 4.79 Å². The van der Waals surface area contributed by atoms with Gasteiger partial charge in [-0.1, -0.05) is 6.92 Å². The monoisotopic (exact) mass is 265 g/mol. The number of hydrogen-bond donors (Lipinski definition) is 1. The fraction of sp³-hybridized carbons (Fsp3) is 0.692. The number of nitrogens with zero attached hydrogens (tertiary/aromatic N) is 4. The number of amides is 1. The molecular weight excluding hydrogens is 242 g/mol. The van der Waals surface area contributed by atoms with Gasteiger partial charge in [-0.2, -0.15) is 0 Å². The smallest absolute Gasteiger partial charge is 0.234 e. The Labute approximate surface area is 114 Å². The Bertz CT molecular complexity index is 409. The standard InChI is InChI=1S/C13H23N5O/c1-3-4-14-12(19)11-17-7-9-18(10-8-17)13-15-5-6-16(13)2/h5-6H,3-4,7-11H2,1-2H3,(H,14,19). The molecule has 6 nitrogen and oxygen atoms in total. The summed E-state index contributed by atoms with van der Waals surface area (Å²) in [5.41, 5.74) is 0. The molecule has 0 spiro atoms. The first kappa shape index (κ1) is 13.9. The van der Waals surface area contributed by atoms with Crippen LogP contribution in [0.15, 0.2) is 12.4 Å². The van der Waals surface area contributed by atoms with Gasteiger partial charge in [0, 0.05) is 52.2 Å². The molecule has 1 fully saturated rings. The maximum Gasteiger partial charge on any atom is 0.234 e. The molecule has 1 saturated heterocycles. The topological polar surface area (TPSA) is 53.4 Å². The number of aromatic nitrogens is 2. The van der Waals surface area contributed by atoms with Gasteiger partial charge in [-0.25, -0.2) is 4.98 Å². The number of piperazine rings is 1. The zero-order chi connectivity index (χ0) is 13.7. The number of nitrogens with one attached hydrogen (secondary N) is 1.